The third kappa shape index (κ3) is 5.58. The van der Waals surface area contributed by atoms with Crippen LogP contribution in [0, 0.1) is 11.3 Å². The van der Waals surface area contributed by atoms with Gasteiger partial charge in [-0.1, -0.05) is 20.8 Å². The van der Waals surface area contributed by atoms with E-state index in [-0.39, 0.29) is 17.9 Å². The number of ether oxygens (including phenoxy) is 2. The van der Waals surface area contributed by atoms with E-state index < -0.39 is 0 Å². The van der Waals surface area contributed by atoms with Gasteiger partial charge in [0.1, 0.15) is 11.5 Å². The molecule has 5 nitrogen and oxygen atoms in total. The highest BCUT2D eigenvalue weighted by atomic mass is 16.5. The summed E-state index contributed by atoms with van der Waals surface area (Å²) in [6.07, 6.45) is 3.07. The van der Waals surface area contributed by atoms with Crippen LogP contribution >= 0.6 is 0 Å². The quantitative estimate of drug-likeness (QED) is 0.847. The summed E-state index contributed by atoms with van der Waals surface area (Å²) in [6, 6.07) is 7.12. The second kappa shape index (κ2) is 7.49. The van der Waals surface area contributed by atoms with Crippen LogP contribution in [0.25, 0.3) is 0 Å². The number of methoxy groups -OCH3 is 1. The Morgan fingerprint density at radius 1 is 1.30 bits per heavy atom. The van der Waals surface area contributed by atoms with Crippen molar-refractivity contribution < 1.29 is 14.3 Å². The normalized spacial score (nSPS) is 21.7. The fourth-order valence-electron chi connectivity index (χ4n) is 3.19. The predicted molar refractivity (Wildman–Crippen MR) is 90.9 cm³/mol. The highest BCUT2D eigenvalue weighted by molar-refractivity contribution is 5.87. The molecule has 0 saturated heterocycles. The third-order valence-electron chi connectivity index (χ3n) is 3.94. The maximum atomic E-state index is 11.9. The second-order valence-corrected chi connectivity index (χ2v) is 7.03. The molecule has 1 atom stereocenters. The molecule has 0 spiro atoms. The molecule has 126 valence electrons. The summed E-state index contributed by atoms with van der Waals surface area (Å²) in [5, 5.41) is 4.29. The van der Waals surface area contributed by atoms with Gasteiger partial charge in [0.2, 0.25) is 0 Å². The van der Waals surface area contributed by atoms with E-state index in [0.717, 1.165) is 24.3 Å². The van der Waals surface area contributed by atoms with E-state index in [1.807, 2.05) is 0 Å². The maximum Gasteiger partial charge on any atom is 0.277 e. The van der Waals surface area contributed by atoms with Crippen molar-refractivity contribution >= 4 is 11.6 Å². The van der Waals surface area contributed by atoms with Gasteiger partial charge in [0.25, 0.3) is 5.91 Å². The summed E-state index contributed by atoms with van der Waals surface area (Å²) in [7, 11) is 1.61. The highest BCUT2D eigenvalue weighted by Crippen LogP contribution is 2.36. The van der Waals surface area contributed by atoms with Crippen LogP contribution in [0.15, 0.2) is 29.4 Å². The van der Waals surface area contributed by atoms with Crippen molar-refractivity contribution in [3.05, 3.63) is 24.3 Å². The number of hydrogen-bond donors (Lipinski definition) is 1. The molecule has 0 heterocycles. The molecule has 0 aliphatic heterocycles. The van der Waals surface area contributed by atoms with E-state index in [0.29, 0.717) is 11.7 Å². The lowest BCUT2D eigenvalue weighted by Gasteiger charge is -2.34. The van der Waals surface area contributed by atoms with Gasteiger partial charge in [0, 0.05) is 5.71 Å². The Balaban J connectivity index is 1.81. The number of nitrogens with one attached hydrogen (secondary N) is 1. The van der Waals surface area contributed by atoms with Crippen LogP contribution in [0.5, 0.6) is 11.5 Å². The summed E-state index contributed by atoms with van der Waals surface area (Å²) in [6.45, 7) is 6.66. The summed E-state index contributed by atoms with van der Waals surface area (Å²) >= 11 is 0. The van der Waals surface area contributed by atoms with Crippen LogP contribution < -0.4 is 14.9 Å². The van der Waals surface area contributed by atoms with Gasteiger partial charge < -0.3 is 9.47 Å². The van der Waals surface area contributed by atoms with E-state index in [2.05, 4.69) is 31.3 Å². The van der Waals surface area contributed by atoms with Crippen LogP contribution in [-0.2, 0) is 4.79 Å². The van der Waals surface area contributed by atoms with Crippen LogP contribution in [0.2, 0.25) is 0 Å². The van der Waals surface area contributed by atoms with Crippen molar-refractivity contribution in [3.8, 4) is 11.5 Å². The average molecular weight is 318 g/mol. The molecule has 2 rings (SSSR count). The molecule has 5 heteroatoms. The second-order valence-electron chi connectivity index (χ2n) is 7.03. The van der Waals surface area contributed by atoms with Crippen LogP contribution in [0.4, 0.5) is 0 Å². The van der Waals surface area contributed by atoms with Gasteiger partial charge >= 0.3 is 0 Å². The molecular formula is C18H26N2O3. The summed E-state index contributed by atoms with van der Waals surface area (Å²) in [4.78, 5) is 11.9. The molecule has 1 saturated carbocycles. The number of benzene rings is 1. The van der Waals surface area contributed by atoms with Crippen molar-refractivity contribution in [3.63, 3.8) is 0 Å². The van der Waals surface area contributed by atoms with E-state index in [4.69, 9.17) is 9.47 Å². The van der Waals surface area contributed by atoms with Gasteiger partial charge in [-0.05, 0) is 54.9 Å². The van der Waals surface area contributed by atoms with Gasteiger partial charge in [-0.2, -0.15) is 5.10 Å². The number of amides is 1. The van der Waals surface area contributed by atoms with Crippen LogP contribution in [-0.4, -0.2) is 25.3 Å². The molecule has 1 amide bonds. The van der Waals surface area contributed by atoms with Crippen molar-refractivity contribution in [1.82, 2.24) is 5.43 Å². The van der Waals surface area contributed by atoms with E-state index in [1.165, 1.54) is 6.42 Å². The minimum absolute atomic E-state index is 0.0535. The molecule has 1 aromatic carbocycles. The molecule has 1 N–H and O–H groups in total. The SMILES string of the molecule is COc1ccc(OCC(=O)N/N=C2/C[C@H](C)CC(C)(C)C2)cc1. The lowest BCUT2D eigenvalue weighted by Crippen LogP contribution is -2.31. The molecule has 0 unspecified atom stereocenters. The smallest absolute Gasteiger partial charge is 0.277 e. The monoisotopic (exact) mass is 318 g/mol. The number of rotatable bonds is 5. The molecule has 0 bridgehead atoms. The Kier molecular flexibility index (Phi) is 5.64. The van der Waals surface area contributed by atoms with Crippen LogP contribution in [0.3, 0.4) is 0 Å². The van der Waals surface area contributed by atoms with Gasteiger partial charge in [0.15, 0.2) is 6.61 Å². The fourth-order valence-corrected chi connectivity index (χ4v) is 3.19. The van der Waals surface area contributed by atoms with E-state index in [9.17, 15) is 4.79 Å². The Morgan fingerprint density at radius 3 is 2.57 bits per heavy atom. The third-order valence-corrected chi connectivity index (χ3v) is 3.94. The predicted octanol–water partition coefficient (Wildman–Crippen LogP) is 3.39. The lowest BCUT2D eigenvalue weighted by molar-refractivity contribution is -0.123. The highest BCUT2D eigenvalue weighted by Gasteiger charge is 2.29. The molecule has 1 aliphatic carbocycles. The summed E-state index contributed by atoms with van der Waals surface area (Å²) in [5.41, 5.74) is 3.92. The van der Waals surface area contributed by atoms with Crippen molar-refractivity contribution in [2.45, 2.75) is 40.0 Å². The molecule has 1 aliphatic rings. The largest absolute Gasteiger partial charge is 0.497 e. The molecule has 0 radical (unpaired) electrons. The minimum atomic E-state index is -0.246. The standard InChI is InChI=1S/C18H26N2O3/c1-13-9-14(11-18(2,3)10-13)19-20-17(21)12-23-16-7-5-15(22-4)6-8-16/h5-8,13H,9-12H2,1-4H3,(H,20,21)/b19-14-/t13-/m0/s1. The first-order valence-corrected chi connectivity index (χ1v) is 7.99. The zero-order valence-corrected chi connectivity index (χ0v) is 14.4. The number of hydrazone groups is 1. The Morgan fingerprint density at radius 2 is 1.96 bits per heavy atom. The topological polar surface area (TPSA) is 59.9 Å². The zero-order valence-electron chi connectivity index (χ0n) is 14.4. The Bertz CT molecular complexity index is 564. The number of carbonyl (C=O) groups excluding carboxylic acids is 1. The molecular weight excluding hydrogens is 292 g/mol. The van der Waals surface area contributed by atoms with Gasteiger partial charge in [-0.25, -0.2) is 5.43 Å². The maximum absolute atomic E-state index is 11.9. The van der Waals surface area contributed by atoms with Crippen molar-refractivity contribution in [2.75, 3.05) is 13.7 Å². The molecule has 1 aromatic rings. The minimum Gasteiger partial charge on any atom is -0.497 e. The Hall–Kier alpha value is -2.04. The molecule has 23 heavy (non-hydrogen) atoms. The summed E-state index contributed by atoms with van der Waals surface area (Å²) in [5.74, 6) is 1.73. The number of hydrogen-bond acceptors (Lipinski definition) is 4. The van der Waals surface area contributed by atoms with Gasteiger partial charge in [-0.15, -0.1) is 0 Å². The molecule has 1 fully saturated rings. The van der Waals surface area contributed by atoms with Gasteiger partial charge in [-0.3, -0.25) is 4.79 Å². The Labute approximate surface area is 138 Å². The number of nitrogens with zero attached hydrogens (tertiary/aromatic N) is 1. The van der Waals surface area contributed by atoms with Crippen LogP contribution in [0.1, 0.15) is 40.0 Å². The van der Waals surface area contributed by atoms with Crippen molar-refractivity contribution in [1.29, 1.82) is 0 Å². The van der Waals surface area contributed by atoms with E-state index >= 15 is 0 Å². The summed E-state index contributed by atoms with van der Waals surface area (Å²) < 4.78 is 10.5. The van der Waals surface area contributed by atoms with Crippen molar-refractivity contribution in [2.24, 2.45) is 16.4 Å². The fraction of sp³-hybridized carbons (Fsp3) is 0.556. The average Bonchev–Trinajstić information content (AvgIpc) is 2.49. The lowest BCUT2D eigenvalue weighted by atomic mass is 9.72. The van der Waals surface area contributed by atoms with E-state index in [1.54, 1.807) is 31.4 Å². The first-order chi connectivity index (χ1) is 10.9. The number of carbonyl (C=O) groups is 1. The van der Waals surface area contributed by atoms with Gasteiger partial charge in [0.05, 0.1) is 7.11 Å². The first-order valence-electron chi connectivity index (χ1n) is 7.99. The zero-order chi connectivity index (χ0) is 16.9. The molecule has 0 aromatic heterocycles. The first kappa shape index (κ1) is 17.3.